The molecule has 2 aromatic heterocycles. The van der Waals surface area contributed by atoms with E-state index in [1.54, 1.807) is 6.20 Å². The molecule has 1 aliphatic heterocycles. The third-order valence-corrected chi connectivity index (χ3v) is 5.50. The minimum Gasteiger partial charge on any atom is -0.378 e. The summed E-state index contributed by atoms with van der Waals surface area (Å²) in [6, 6.07) is 11.9. The predicted octanol–water partition coefficient (Wildman–Crippen LogP) is 2.37. The average Bonchev–Trinajstić information content (AvgIpc) is 3.16. The molecule has 0 unspecified atom stereocenters. The lowest BCUT2D eigenvalue weighted by Crippen LogP contribution is -2.36. The van der Waals surface area contributed by atoms with Crippen LogP contribution in [0.5, 0.6) is 0 Å². The Morgan fingerprint density at radius 3 is 2.89 bits per heavy atom. The number of carbonyl (C=O) groups excluding carboxylic acids is 1. The highest BCUT2D eigenvalue weighted by atomic mass is 32.1. The molecule has 0 atom stereocenters. The predicted molar refractivity (Wildman–Crippen MR) is 108 cm³/mol. The Balaban J connectivity index is 1.27. The number of nitrogens with zero attached hydrogens (tertiary/aromatic N) is 3. The van der Waals surface area contributed by atoms with Crippen LogP contribution < -0.4 is 15.5 Å². The highest BCUT2D eigenvalue weighted by Crippen LogP contribution is 2.25. The van der Waals surface area contributed by atoms with Crippen LogP contribution in [0.2, 0.25) is 0 Å². The summed E-state index contributed by atoms with van der Waals surface area (Å²) in [5.41, 5.74) is 1.03. The molecule has 0 saturated carbocycles. The van der Waals surface area contributed by atoms with Crippen molar-refractivity contribution in [1.29, 1.82) is 0 Å². The van der Waals surface area contributed by atoms with Crippen LogP contribution in [0.25, 0.3) is 10.1 Å². The van der Waals surface area contributed by atoms with E-state index in [2.05, 4.69) is 25.7 Å². The lowest BCUT2D eigenvalue weighted by Gasteiger charge is -2.28. The van der Waals surface area contributed by atoms with Gasteiger partial charge in [-0.15, -0.1) is 16.4 Å². The smallest absolute Gasteiger partial charge is 0.261 e. The zero-order chi connectivity index (χ0) is 18.5. The molecule has 7 nitrogen and oxygen atoms in total. The minimum absolute atomic E-state index is 0.0499. The second-order valence-corrected chi connectivity index (χ2v) is 7.31. The quantitative estimate of drug-likeness (QED) is 0.636. The van der Waals surface area contributed by atoms with Gasteiger partial charge >= 0.3 is 0 Å². The van der Waals surface area contributed by atoms with Gasteiger partial charge in [0, 0.05) is 36.9 Å². The molecular weight excluding hydrogens is 362 g/mol. The standard InChI is InChI=1S/C19H21N5O2S/c25-19(17-11-14-3-1-2-4-16(14)27-17)21-6-5-20-18-12-15(13-22-23-18)24-7-9-26-10-8-24/h1-4,11-13H,5-10H2,(H,20,23)(H,21,25). The number of rotatable bonds is 6. The van der Waals surface area contributed by atoms with Crippen molar-refractivity contribution in [2.45, 2.75) is 0 Å². The van der Waals surface area contributed by atoms with Crippen LogP contribution in [-0.4, -0.2) is 55.5 Å². The van der Waals surface area contributed by atoms with E-state index >= 15 is 0 Å². The normalized spacial score (nSPS) is 14.3. The first-order valence-corrected chi connectivity index (χ1v) is 9.77. The maximum atomic E-state index is 12.3. The van der Waals surface area contributed by atoms with E-state index in [1.165, 1.54) is 11.3 Å². The number of anilines is 2. The molecule has 1 fully saturated rings. The summed E-state index contributed by atoms with van der Waals surface area (Å²) < 4.78 is 6.50. The molecule has 0 spiro atoms. The Morgan fingerprint density at radius 1 is 1.19 bits per heavy atom. The maximum Gasteiger partial charge on any atom is 0.261 e. The van der Waals surface area contributed by atoms with Crippen LogP contribution in [0, 0.1) is 0 Å². The number of thiophene rings is 1. The van der Waals surface area contributed by atoms with Gasteiger partial charge in [-0.25, -0.2) is 0 Å². The number of ether oxygens (including phenoxy) is 1. The van der Waals surface area contributed by atoms with Gasteiger partial charge in [-0.2, -0.15) is 5.10 Å². The highest BCUT2D eigenvalue weighted by molar-refractivity contribution is 7.20. The zero-order valence-electron chi connectivity index (χ0n) is 14.9. The molecule has 4 rings (SSSR count). The van der Waals surface area contributed by atoms with Gasteiger partial charge in [0.25, 0.3) is 5.91 Å². The zero-order valence-corrected chi connectivity index (χ0v) is 15.7. The lowest BCUT2D eigenvalue weighted by molar-refractivity contribution is 0.0959. The summed E-state index contributed by atoms with van der Waals surface area (Å²) in [6.07, 6.45) is 1.76. The molecule has 3 heterocycles. The molecule has 27 heavy (non-hydrogen) atoms. The van der Waals surface area contributed by atoms with Crippen LogP contribution in [-0.2, 0) is 4.74 Å². The SMILES string of the molecule is O=C(NCCNc1cc(N2CCOCC2)cnn1)c1cc2ccccc2s1. The summed E-state index contributed by atoms with van der Waals surface area (Å²) in [4.78, 5) is 15.3. The largest absolute Gasteiger partial charge is 0.378 e. The fourth-order valence-electron chi connectivity index (χ4n) is 2.98. The number of morpholine rings is 1. The van der Waals surface area contributed by atoms with E-state index in [0.717, 1.165) is 47.0 Å². The van der Waals surface area contributed by atoms with Crippen molar-refractivity contribution in [2.75, 3.05) is 49.6 Å². The Hall–Kier alpha value is -2.71. The molecule has 1 aromatic carbocycles. The van der Waals surface area contributed by atoms with Crippen LogP contribution in [0.4, 0.5) is 11.5 Å². The summed E-state index contributed by atoms with van der Waals surface area (Å²) in [5.74, 6) is 0.654. The van der Waals surface area contributed by atoms with Gasteiger partial charge in [0.05, 0.1) is 30.0 Å². The Kier molecular flexibility index (Phi) is 5.45. The fourth-order valence-corrected chi connectivity index (χ4v) is 3.96. The number of aromatic nitrogens is 2. The van der Waals surface area contributed by atoms with Crippen LogP contribution in [0.15, 0.2) is 42.6 Å². The van der Waals surface area contributed by atoms with Gasteiger partial charge < -0.3 is 20.3 Å². The van der Waals surface area contributed by atoms with Gasteiger partial charge in [-0.3, -0.25) is 4.79 Å². The van der Waals surface area contributed by atoms with Crippen molar-refractivity contribution in [3.05, 3.63) is 47.5 Å². The molecule has 2 N–H and O–H groups in total. The molecule has 3 aromatic rings. The van der Waals surface area contributed by atoms with E-state index in [1.807, 2.05) is 36.4 Å². The molecule has 0 bridgehead atoms. The van der Waals surface area contributed by atoms with Crippen molar-refractivity contribution in [1.82, 2.24) is 15.5 Å². The second kappa shape index (κ2) is 8.32. The molecule has 0 radical (unpaired) electrons. The van der Waals surface area contributed by atoms with Crippen LogP contribution in [0.3, 0.4) is 0 Å². The molecule has 1 amide bonds. The van der Waals surface area contributed by atoms with Gasteiger partial charge in [0.15, 0.2) is 5.82 Å². The molecule has 8 heteroatoms. The molecular formula is C19H21N5O2S. The molecule has 1 saturated heterocycles. The van der Waals surface area contributed by atoms with Crippen molar-refractivity contribution in [3.63, 3.8) is 0 Å². The average molecular weight is 383 g/mol. The van der Waals surface area contributed by atoms with E-state index in [4.69, 9.17) is 4.74 Å². The van der Waals surface area contributed by atoms with E-state index < -0.39 is 0 Å². The van der Waals surface area contributed by atoms with Gasteiger partial charge in [-0.1, -0.05) is 18.2 Å². The first-order valence-electron chi connectivity index (χ1n) is 8.96. The number of carbonyl (C=O) groups is 1. The minimum atomic E-state index is -0.0499. The lowest BCUT2D eigenvalue weighted by atomic mass is 10.2. The third kappa shape index (κ3) is 4.35. The number of amides is 1. The Morgan fingerprint density at radius 2 is 2.04 bits per heavy atom. The Bertz CT molecular complexity index is 890. The van der Waals surface area contributed by atoms with Crippen molar-refractivity contribution in [2.24, 2.45) is 0 Å². The summed E-state index contributed by atoms with van der Waals surface area (Å²) >= 11 is 1.51. The topological polar surface area (TPSA) is 79.4 Å². The van der Waals surface area contributed by atoms with Crippen LogP contribution >= 0.6 is 11.3 Å². The van der Waals surface area contributed by atoms with Crippen molar-refractivity contribution < 1.29 is 9.53 Å². The Labute approximate surface area is 161 Å². The van der Waals surface area contributed by atoms with E-state index in [-0.39, 0.29) is 5.91 Å². The maximum absolute atomic E-state index is 12.3. The summed E-state index contributed by atoms with van der Waals surface area (Å²) in [5, 5.41) is 15.4. The molecule has 1 aliphatic rings. The second-order valence-electron chi connectivity index (χ2n) is 6.23. The van der Waals surface area contributed by atoms with Crippen molar-refractivity contribution in [3.8, 4) is 0 Å². The summed E-state index contributed by atoms with van der Waals surface area (Å²) in [7, 11) is 0. The summed E-state index contributed by atoms with van der Waals surface area (Å²) in [6.45, 7) is 4.27. The molecule has 0 aliphatic carbocycles. The number of nitrogens with one attached hydrogen (secondary N) is 2. The highest BCUT2D eigenvalue weighted by Gasteiger charge is 2.12. The van der Waals surface area contributed by atoms with Gasteiger partial charge in [0.1, 0.15) is 0 Å². The number of hydrogen-bond donors (Lipinski definition) is 2. The fraction of sp³-hybridized carbons (Fsp3) is 0.316. The monoisotopic (exact) mass is 383 g/mol. The number of fused-ring (bicyclic) bond motifs is 1. The first kappa shape index (κ1) is 17.7. The van der Waals surface area contributed by atoms with Crippen molar-refractivity contribution >= 4 is 38.8 Å². The van der Waals surface area contributed by atoms with Gasteiger partial charge in [0.2, 0.25) is 0 Å². The van der Waals surface area contributed by atoms with Crippen LogP contribution in [0.1, 0.15) is 9.67 Å². The van der Waals surface area contributed by atoms with E-state index in [9.17, 15) is 4.79 Å². The first-order chi connectivity index (χ1) is 13.3. The molecule has 140 valence electrons. The number of benzene rings is 1. The van der Waals surface area contributed by atoms with Gasteiger partial charge in [-0.05, 0) is 17.5 Å². The number of hydrogen-bond acceptors (Lipinski definition) is 7. The van der Waals surface area contributed by atoms with E-state index in [0.29, 0.717) is 18.9 Å². The third-order valence-electron chi connectivity index (χ3n) is 4.38.